The lowest BCUT2D eigenvalue weighted by molar-refractivity contribution is 0.628. The first kappa shape index (κ1) is 9.43. The molecule has 0 bridgehead atoms. The third-order valence-corrected chi connectivity index (χ3v) is 2.93. The van der Waals surface area contributed by atoms with Crippen molar-refractivity contribution in [3.8, 4) is 11.3 Å². The number of aromatic nitrogens is 1. The Balaban J connectivity index is 2.55. The second kappa shape index (κ2) is 3.55. The van der Waals surface area contributed by atoms with Gasteiger partial charge in [-0.05, 0) is 23.7 Å². The van der Waals surface area contributed by atoms with Crippen molar-refractivity contribution in [1.29, 1.82) is 0 Å². The molecule has 0 saturated heterocycles. The van der Waals surface area contributed by atoms with E-state index in [1.165, 1.54) is 12.1 Å². The summed E-state index contributed by atoms with van der Waals surface area (Å²) in [6, 6.07) is 6.09. The maximum absolute atomic E-state index is 12.9. The highest BCUT2D eigenvalue weighted by atomic mass is 35.5. The van der Waals surface area contributed by atoms with Gasteiger partial charge < -0.3 is 5.73 Å². The van der Waals surface area contributed by atoms with Crippen LogP contribution in [-0.4, -0.2) is 4.37 Å². The zero-order valence-electron chi connectivity index (χ0n) is 7.00. The van der Waals surface area contributed by atoms with Gasteiger partial charge >= 0.3 is 0 Å². The molecule has 5 heteroatoms. The molecule has 72 valence electrons. The quantitative estimate of drug-likeness (QED) is 0.814. The van der Waals surface area contributed by atoms with Gasteiger partial charge in [0.2, 0.25) is 0 Å². The van der Waals surface area contributed by atoms with Gasteiger partial charge in [0.15, 0.2) is 0 Å². The SMILES string of the molecule is Nc1snc(-c2cccc(F)c2)c1Cl. The van der Waals surface area contributed by atoms with Crippen molar-refractivity contribution < 1.29 is 4.39 Å². The van der Waals surface area contributed by atoms with E-state index in [-0.39, 0.29) is 5.82 Å². The van der Waals surface area contributed by atoms with E-state index in [1.54, 1.807) is 12.1 Å². The average Bonchev–Trinajstić information content (AvgIpc) is 2.48. The number of hydrogen-bond acceptors (Lipinski definition) is 3. The molecular weight excluding hydrogens is 223 g/mol. The Kier molecular flexibility index (Phi) is 2.39. The summed E-state index contributed by atoms with van der Waals surface area (Å²) in [5.74, 6) is -0.315. The second-order valence-electron chi connectivity index (χ2n) is 2.72. The maximum atomic E-state index is 12.9. The molecule has 1 heterocycles. The third-order valence-electron chi connectivity index (χ3n) is 1.76. The Hall–Kier alpha value is -1.13. The van der Waals surface area contributed by atoms with E-state index < -0.39 is 0 Å². The molecule has 0 amide bonds. The van der Waals surface area contributed by atoms with Crippen LogP contribution in [0.3, 0.4) is 0 Å². The molecule has 0 fully saturated rings. The average molecular weight is 229 g/mol. The summed E-state index contributed by atoms with van der Waals surface area (Å²) in [6.45, 7) is 0. The largest absolute Gasteiger partial charge is 0.388 e. The normalized spacial score (nSPS) is 10.4. The third kappa shape index (κ3) is 1.58. The van der Waals surface area contributed by atoms with E-state index in [9.17, 15) is 4.39 Å². The van der Waals surface area contributed by atoms with E-state index in [1.807, 2.05) is 0 Å². The zero-order valence-corrected chi connectivity index (χ0v) is 8.57. The number of halogens is 2. The maximum Gasteiger partial charge on any atom is 0.126 e. The molecule has 0 aliphatic heterocycles. The highest BCUT2D eigenvalue weighted by Crippen LogP contribution is 2.34. The number of benzene rings is 1. The van der Waals surface area contributed by atoms with Crippen molar-refractivity contribution in [1.82, 2.24) is 4.37 Å². The standard InChI is InChI=1S/C9H6ClFN2S/c10-7-8(13-14-9(7)12)5-2-1-3-6(11)4-5/h1-4H,12H2. The molecule has 2 N–H and O–H groups in total. The summed E-state index contributed by atoms with van der Waals surface area (Å²) in [4.78, 5) is 0. The van der Waals surface area contributed by atoms with Crippen LogP contribution in [0.4, 0.5) is 9.39 Å². The minimum absolute atomic E-state index is 0.315. The van der Waals surface area contributed by atoms with Crippen LogP contribution in [0.25, 0.3) is 11.3 Å². The molecule has 2 aromatic rings. The molecule has 0 atom stereocenters. The highest BCUT2D eigenvalue weighted by Gasteiger charge is 2.11. The minimum atomic E-state index is -0.315. The Labute approximate surface area is 89.3 Å². The topological polar surface area (TPSA) is 38.9 Å². The molecule has 0 spiro atoms. The van der Waals surface area contributed by atoms with Gasteiger partial charge in [0.05, 0.1) is 0 Å². The van der Waals surface area contributed by atoms with Crippen LogP contribution in [0.2, 0.25) is 5.02 Å². The molecule has 0 aliphatic carbocycles. The van der Waals surface area contributed by atoms with Crippen LogP contribution in [0, 0.1) is 5.82 Å². The summed E-state index contributed by atoms with van der Waals surface area (Å²) in [6.07, 6.45) is 0. The molecule has 0 saturated carbocycles. The summed E-state index contributed by atoms with van der Waals surface area (Å²) in [5, 5.41) is 0.839. The second-order valence-corrected chi connectivity index (χ2v) is 3.90. The molecule has 1 aromatic heterocycles. The Morgan fingerprint density at radius 1 is 1.43 bits per heavy atom. The fourth-order valence-corrected chi connectivity index (χ4v) is 1.98. The lowest BCUT2D eigenvalue weighted by atomic mass is 10.1. The summed E-state index contributed by atoms with van der Waals surface area (Å²) in [7, 11) is 0. The number of rotatable bonds is 1. The van der Waals surface area contributed by atoms with Crippen LogP contribution in [0.5, 0.6) is 0 Å². The van der Waals surface area contributed by atoms with E-state index in [4.69, 9.17) is 17.3 Å². The molecule has 1 aromatic carbocycles. The number of hydrogen-bond donors (Lipinski definition) is 1. The van der Waals surface area contributed by atoms with Crippen LogP contribution in [-0.2, 0) is 0 Å². The van der Waals surface area contributed by atoms with Gasteiger partial charge in [0, 0.05) is 5.56 Å². The van der Waals surface area contributed by atoms with Crippen LogP contribution >= 0.6 is 23.1 Å². The van der Waals surface area contributed by atoms with Crippen molar-refractivity contribution in [3.63, 3.8) is 0 Å². The predicted molar refractivity (Wildman–Crippen MR) is 56.9 cm³/mol. The van der Waals surface area contributed by atoms with Crippen molar-refractivity contribution in [2.24, 2.45) is 0 Å². The van der Waals surface area contributed by atoms with Crippen molar-refractivity contribution >= 4 is 28.1 Å². The predicted octanol–water partition coefficient (Wildman–Crippen LogP) is 3.18. The number of nitrogen functional groups attached to an aromatic ring is 1. The monoisotopic (exact) mass is 228 g/mol. The fraction of sp³-hybridized carbons (Fsp3) is 0. The van der Waals surface area contributed by atoms with Gasteiger partial charge in [0.1, 0.15) is 21.5 Å². The number of nitrogens with two attached hydrogens (primary N) is 1. The van der Waals surface area contributed by atoms with Gasteiger partial charge in [0.25, 0.3) is 0 Å². The Morgan fingerprint density at radius 2 is 2.21 bits per heavy atom. The van der Waals surface area contributed by atoms with Crippen molar-refractivity contribution in [3.05, 3.63) is 35.1 Å². The molecule has 2 rings (SSSR count). The van der Waals surface area contributed by atoms with Gasteiger partial charge in [-0.15, -0.1) is 0 Å². The van der Waals surface area contributed by atoms with E-state index in [2.05, 4.69) is 4.37 Å². The lowest BCUT2D eigenvalue weighted by Gasteiger charge is -1.97. The molecule has 2 nitrogen and oxygen atoms in total. The van der Waals surface area contributed by atoms with Gasteiger partial charge in [-0.2, -0.15) is 4.37 Å². The van der Waals surface area contributed by atoms with Crippen molar-refractivity contribution in [2.45, 2.75) is 0 Å². The van der Waals surface area contributed by atoms with Gasteiger partial charge in [-0.3, -0.25) is 0 Å². The van der Waals surface area contributed by atoms with Crippen LogP contribution in [0.1, 0.15) is 0 Å². The van der Waals surface area contributed by atoms with Crippen LogP contribution < -0.4 is 5.73 Å². The van der Waals surface area contributed by atoms with Crippen LogP contribution in [0.15, 0.2) is 24.3 Å². The number of anilines is 1. The molecule has 0 aliphatic rings. The highest BCUT2D eigenvalue weighted by molar-refractivity contribution is 7.11. The Morgan fingerprint density at radius 3 is 2.79 bits per heavy atom. The minimum Gasteiger partial charge on any atom is -0.388 e. The smallest absolute Gasteiger partial charge is 0.126 e. The van der Waals surface area contributed by atoms with Gasteiger partial charge in [-0.1, -0.05) is 23.7 Å². The molecular formula is C9H6ClFN2S. The summed E-state index contributed by atoms with van der Waals surface area (Å²) in [5.41, 5.74) is 6.72. The zero-order chi connectivity index (χ0) is 10.1. The molecule has 0 radical (unpaired) electrons. The van der Waals surface area contributed by atoms with E-state index in [0.717, 1.165) is 11.5 Å². The van der Waals surface area contributed by atoms with Gasteiger partial charge in [-0.25, -0.2) is 4.39 Å². The summed E-state index contributed by atoms with van der Waals surface area (Å²) < 4.78 is 16.9. The Bertz CT molecular complexity index is 470. The molecule has 0 unspecified atom stereocenters. The number of nitrogens with zero attached hydrogens (tertiary/aromatic N) is 1. The first-order valence-corrected chi connectivity index (χ1v) is 5.00. The lowest BCUT2D eigenvalue weighted by Crippen LogP contribution is -1.82. The first-order chi connectivity index (χ1) is 6.68. The fourth-order valence-electron chi connectivity index (χ4n) is 1.11. The van der Waals surface area contributed by atoms with E-state index in [0.29, 0.717) is 21.3 Å². The first-order valence-electron chi connectivity index (χ1n) is 3.85. The van der Waals surface area contributed by atoms with Crippen molar-refractivity contribution in [2.75, 3.05) is 5.73 Å². The summed E-state index contributed by atoms with van der Waals surface area (Å²) >= 11 is 7.00. The van der Waals surface area contributed by atoms with E-state index >= 15 is 0 Å². The molecule has 14 heavy (non-hydrogen) atoms.